The summed E-state index contributed by atoms with van der Waals surface area (Å²) < 4.78 is 3.58. The molecule has 142 valence electrons. The molecule has 1 aromatic carbocycles. The van der Waals surface area contributed by atoms with E-state index < -0.39 is 0 Å². The van der Waals surface area contributed by atoms with Gasteiger partial charge in [0.05, 0.1) is 11.4 Å². The highest BCUT2D eigenvalue weighted by Gasteiger charge is 2.18. The Balaban J connectivity index is 1.72. The van der Waals surface area contributed by atoms with Gasteiger partial charge in [0.15, 0.2) is 5.69 Å². The summed E-state index contributed by atoms with van der Waals surface area (Å²) in [5, 5.41) is 12.5. The van der Waals surface area contributed by atoms with Gasteiger partial charge in [-0.05, 0) is 56.5 Å². The fourth-order valence-electron chi connectivity index (χ4n) is 3.24. The Morgan fingerprint density at radius 2 is 1.81 bits per heavy atom. The Bertz CT molecular complexity index is 971. The predicted molar refractivity (Wildman–Crippen MR) is 107 cm³/mol. The van der Waals surface area contributed by atoms with Crippen molar-refractivity contribution < 1.29 is 4.79 Å². The van der Waals surface area contributed by atoms with Crippen molar-refractivity contribution in [2.45, 2.75) is 33.2 Å². The van der Waals surface area contributed by atoms with Crippen LogP contribution < -0.4 is 5.32 Å². The van der Waals surface area contributed by atoms with Crippen molar-refractivity contribution in [2.24, 2.45) is 14.1 Å². The lowest BCUT2D eigenvalue weighted by molar-refractivity contribution is 0.0934. The van der Waals surface area contributed by atoms with Gasteiger partial charge in [-0.3, -0.25) is 14.2 Å². The molecule has 0 aliphatic rings. The van der Waals surface area contributed by atoms with E-state index in [4.69, 9.17) is 11.6 Å². The molecule has 6 nitrogen and oxygen atoms in total. The van der Waals surface area contributed by atoms with Crippen LogP contribution in [-0.2, 0) is 20.5 Å². The molecule has 0 saturated heterocycles. The molecule has 1 amide bonds. The van der Waals surface area contributed by atoms with Gasteiger partial charge in [-0.1, -0.05) is 23.7 Å². The third-order valence-corrected chi connectivity index (χ3v) is 5.05. The van der Waals surface area contributed by atoms with E-state index in [1.165, 1.54) is 5.56 Å². The van der Waals surface area contributed by atoms with E-state index in [0.717, 1.165) is 29.1 Å². The predicted octanol–water partition coefficient (Wildman–Crippen LogP) is 3.45. The second-order valence-corrected chi connectivity index (χ2v) is 7.33. The van der Waals surface area contributed by atoms with Crippen molar-refractivity contribution in [3.8, 4) is 11.3 Å². The highest BCUT2D eigenvalue weighted by atomic mass is 35.5. The molecule has 0 unspecified atom stereocenters. The molecule has 0 aliphatic carbocycles. The Labute approximate surface area is 164 Å². The van der Waals surface area contributed by atoms with Crippen LogP contribution in [0.1, 0.15) is 34.4 Å². The van der Waals surface area contributed by atoms with Crippen LogP contribution in [0.5, 0.6) is 0 Å². The van der Waals surface area contributed by atoms with Crippen molar-refractivity contribution >= 4 is 17.5 Å². The van der Waals surface area contributed by atoms with Crippen molar-refractivity contribution in [1.29, 1.82) is 0 Å². The summed E-state index contributed by atoms with van der Waals surface area (Å²) in [5.74, 6) is -0.183. The third kappa shape index (κ3) is 4.06. The van der Waals surface area contributed by atoms with Gasteiger partial charge in [0, 0.05) is 30.9 Å². The van der Waals surface area contributed by atoms with E-state index in [-0.39, 0.29) is 11.9 Å². The molecule has 0 spiro atoms. The van der Waals surface area contributed by atoms with Gasteiger partial charge in [0.1, 0.15) is 0 Å². The maximum atomic E-state index is 12.6. The van der Waals surface area contributed by atoms with Crippen LogP contribution in [-0.4, -0.2) is 31.5 Å². The molecule has 0 saturated carbocycles. The molecule has 3 aromatic rings. The number of benzene rings is 1. The Kier molecular flexibility index (Phi) is 5.37. The summed E-state index contributed by atoms with van der Waals surface area (Å²) in [6.45, 7) is 6.03. The SMILES string of the molecule is Cc1nn(C)c(C)c1C[C@@H](C)NC(=O)c1cc(-c2ccc(Cl)cc2)n(C)n1. The van der Waals surface area contributed by atoms with Crippen molar-refractivity contribution in [3.63, 3.8) is 0 Å². The number of aromatic nitrogens is 4. The van der Waals surface area contributed by atoms with E-state index in [2.05, 4.69) is 15.5 Å². The first-order valence-electron chi connectivity index (χ1n) is 8.86. The van der Waals surface area contributed by atoms with E-state index in [1.54, 1.807) is 10.7 Å². The van der Waals surface area contributed by atoms with Crippen molar-refractivity contribution in [1.82, 2.24) is 24.9 Å². The Morgan fingerprint density at radius 3 is 2.41 bits per heavy atom. The number of aryl methyl sites for hydroxylation is 3. The van der Waals surface area contributed by atoms with Crippen LogP contribution in [0.4, 0.5) is 0 Å². The molecule has 27 heavy (non-hydrogen) atoms. The molecular weight excluding hydrogens is 362 g/mol. The van der Waals surface area contributed by atoms with Gasteiger partial charge < -0.3 is 5.32 Å². The number of hydrogen-bond acceptors (Lipinski definition) is 3. The maximum Gasteiger partial charge on any atom is 0.272 e. The molecule has 2 heterocycles. The molecule has 7 heteroatoms. The van der Waals surface area contributed by atoms with Gasteiger partial charge in [0.25, 0.3) is 5.91 Å². The van der Waals surface area contributed by atoms with E-state index in [0.29, 0.717) is 10.7 Å². The first kappa shape index (κ1) is 19.2. The fraction of sp³-hybridized carbons (Fsp3) is 0.350. The minimum atomic E-state index is -0.183. The summed E-state index contributed by atoms with van der Waals surface area (Å²) >= 11 is 5.95. The third-order valence-electron chi connectivity index (χ3n) is 4.80. The number of nitrogens with one attached hydrogen (secondary N) is 1. The van der Waals surface area contributed by atoms with Gasteiger partial charge >= 0.3 is 0 Å². The molecular formula is C20H24ClN5O. The zero-order valence-corrected chi connectivity index (χ0v) is 17.0. The Morgan fingerprint density at radius 1 is 1.15 bits per heavy atom. The molecule has 2 aromatic heterocycles. The normalized spacial score (nSPS) is 12.2. The number of amides is 1. The number of hydrogen-bond donors (Lipinski definition) is 1. The van der Waals surface area contributed by atoms with E-state index >= 15 is 0 Å². The van der Waals surface area contributed by atoms with Crippen molar-refractivity contribution in [3.05, 3.63) is 58.0 Å². The highest BCUT2D eigenvalue weighted by Crippen LogP contribution is 2.22. The van der Waals surface area contributed by atoms with Gasteiger partial charge in [-0.15, -0.1) is 0 Å². The lowest BCUT2D eigenvalue weighted by Crippen LogP contribution is -2.34. The number of carbonyl (C=O) groups is 1. The molecule has 1 N–H and O–H groups in total. The average molecular weight is 386 g/mol. The molecule has 1 atom stereocenters. The fourth-order valence-corrected chi connectivity index (χ4v) is 3.36. The first-order valence-corrected chi connectivity index (χ1v) is 9.24. The van der Waals surface area contributed by atoms with Crippen LogP contribution >= 0.6 is 11.6 Å². The number of carbonyl (C=O) groups excluding carboxylic acids is 1. The van der Waals surface area contributed by atoms with Gasteiger partial charge in [-0.2, -0.15) is 10.2 Å². The number of halogens is 1. The highest BCUT2D eigenvalue weighted by molar-refractivity contribution is 6.30. The van der Waals surface area contributed by atoms with Crippen LogP contribution in [0.15, 0.2) is 30.3 Å². The van der Waals surface area contributed by atoms with Crippen LogP contribution in [0.3, 0.4) is 0 Å². The second-order valence-electron chi connectivity index (χ2n) is 6.90. The number of rotatable bonds is 5. The van der Waals surface area contributed by atoms with Crippen LogP contribution in [0.2, 0.25) is 5.02 Å². The molecule has 0 fully saturated rings. The average Bonchev–Trinajstić information content (AvgIpc) is 3.11. The molecule has 3 rings (SSSR count). The largest absolute Gasteiger partial charge is 0.348 e. The minimum absolute atomic E-state index is 0.0277. The summed E-state index contributed by atoms with van der Waals surface area (Å²) in [5.41, 5.74) is 5.52. The Hall–Kier alpha value is -2.60. The zero-order chi connectivity index (χ0) is 19.7. The monoisotopic (exact) mass is 385 g/mol. The minimum Gasteiger partial charge on any atom is -0.348 e. The first-order chi connectivity index (χ1) is 12.8. The molecule has 0 bridgehead atoms. The smallest absolute Gasteiger partial charge is 0.272 e. The van der Waals surface area contributed by atoms with E-state index in [9.17, 15) is 4.79 Å². The topological polar surface area (TPSA) is 64.7 Å². The standard InChI is InChI=1S/C20H24ClN5O/c1-12(10-17-13(2)23-25(4)14(17)3)22-20(27)18-11-19(26(5)24-18)15-6-8-16(21)9-7-15/h6-9,11-12H,10H2,1-5H3,(H,22,27)/t12-/m1/s1. The summed E-state index contributed by atoms with van der Waals surface area (Å²) in [4.78, 5) is 12.6. The van der Waals surface area contributed by atoms with Crippen molar-refractivity contribution in [2.75, 3.05) is 0 Å². The second kappa shape index (κ2) is 7.56. The lowest BCUT2D eigenvalue weighted by atomic mass is 10.1. The van der Waals surface area contributed by atoms with Crippen LogP contribution in [0.25, 0.3) is 11.3 Å². The van der Waals surface area contributed by atoms with Gasteiger partial charge in [0.2, 0.25) is 0 Å². The summed E-state index contributed by atoms with van der Waals surface area (Å²) in [7, 11) is 3.76. The van der Waals surface area contributed by atoms with Crippen LogP contribution in [0, 0.1) is 13.8 Å². The quantitative estimate of drug-likeness (QED) is 0.731. The maximum absolute atomic E-state index is 12.6. The summed E-state index contributed by atoms with van der Waals surface area (Å²) in [6, 6.07) is 9.25. The van der Waals surface area contributed by atoms with E-state index in [1.807, 2.05) is 63.8 Å². The van der Waals surface area contributed by atoms with Gasteiger partial charge in [-0.25, -0.2) is 0 Å². The molecule has 0 aliphatic heterocycles. The number of nitrogens with zero attached hydrogens (tertiary/aromatic N) is 4. The summed E-state index contributed by atoms with van der Waals surface area (Å²) in [6.07, 6.45) is 0.730. The lowest BCUT2D eigenvalue weighted by Gasteiger charge is -2.13. The molecule has 0 radical (unpaired) electrons. The zero-order valence-electron chi connectivity index (χ0n) is 16.2.